The van der Waals surface area contributed by atoms with Crippen LogP contribution in [0.2, 0.25) is 0 Å². The van der Waals surface area contributed by atoms with Gasteiger partial charge in [0.1, 0.15) is 9.84 Å². The van der Waals surface area contributed by atoms with E-state index < -0.39 is 9.84 Å². The van der Waals surface area contributed by atoms with Crippen molar-refractivity contribution < 1.29 is 8.42 Å². The van der Waals surface area contributed by atoms with E-state index in [-0.39, 0.29) is 11.8 Å². The van der Waals surface area contributed by atoms with E-state index in [2.05, 4.69) is 0 Å². The van der Waals surface area contributed by atoms with Crippen LogP contribution in [0.15, 0.2) is 0 Å². The van der Waals surface area contributed by atoms with Crippen molar-refractivity contribution in [3.63, 3.8) is 0 Å². The second-order valence-electron chi connectivity index (χ2n) is 4.77. The number of thioether (sulfide) groups is 1. The molecule has 0 aromatic carbocycles. The zero-order valence-corrected chi connectivity index (χ0v) is 11.7. The van der Waals surface area contributed by atoms with Crippen LogP contribution < -0.4 is 5.73 Å². The molecule has 0 heterocycles. The number of hydrogen-bond acceptors (Lipinski definition) is 4. The molecule has 0 saturated heterocycles. The monoisotopic (exact) mass is 265 g/mol. The van der Waals surface area contributed by atoms with Gasteiger partial charge in [-0.05, 0) is 18.8 Å². The molecule has 0 radical (unpaired) electrons. The molecule has 0 spiro atoms. The lowest BCUT2D eigenvalue weighted by Gasteiger charge is -2.27. The van der Waals surface area contributed by atoms with E-state index in [9.17, 15) is 8.42 Å². The Morgan fingerprint density at radius 1 is 1.31 bits per heavy atom. The molecule has 96 valence electrons. The molecule has 0 aromatic heterocycles. The fourth-order valence-electron chi connectivity index (χ4n) is 2.13. The summed E-state index contributed by atoms with van der Waals surface area (Å²) in [6.07, 6.45) is 7.78. The number of sulfone groups is 1. The predicted molar refractivity (Wildman–Crippen MR) is 71.6 cm³/mol. The van der Waals surface area contributed by atoms with E-state index in [4.69, 9.17) is 5.73 Å². The normalized spacial score (nSPS) is 20.9. The SMILES string of the molecule is CS(=O)(=O)CCSCC(N)C1CCCCC1. The maximum absolute atomic E-state index is 10.9. The van der Waals surface area contributed by atoms with Crippen LogP contribution in [0.3, 0.4) is 0 Å². The molecule has 5 heteroatoms. The lowest BCUT2D eigenvalue weighted by molar-refractivity contribution is 0.319. The summed E-state index contributed by atoms with van der Waals surface area (Å²) in [5.74, 6) is 2.52. The van der Waals surface area contributed by atoms with Crippen LogP contribution in [0.1, 0.15) is 32.1 Å². The Morgan fingerprint density at radius 3 is 2.50 bits per heavy atom. The summed E-state index contributed by atoms with van der Waals surface area (Å²) in [6, 6.07) is 0.255. The van der Waals surface area contributed by atoms with E-state index in [1.165, 1.54) is 38.4 Å². The highest BCUT2D eigenvalue weighted by Gasteiger charge is 2.20. The van der Waals surface area contributed by atoms with Gasteiger partial charge in [-0.15, -0.1) is 0 Å². The third kappa shape index (κ3) is 6.11. The quantitative estimate of drug-likeness (QED) is 0.742. The Bertz CT molecular complexity index is 284. The third-order valence-corrected chi connectivity index (χ3v) is 5.48. The highest BCUT2D eigenvalue weighted by Crippen LogP contribution is 2.26. The predicted octanol–water partition coefficient (Wildman–Crippen LogP) is 1.67. The van der Waals surface area contributed by atoms with E-state index in [1.807, 2.05) is 0 Å². The van der Waals surface area contributed by atoms with Crippen molar-refractivity contribution in [2.75, 3.05) is 23.5 Å². The van der Waals surface area contributed by atoms with Gasteiger partial charge in [-0.2, -0.15) is 11.8 Å². The van der Waals surface area contributed by atoms with Crippen molar-refractivity contribution in [1.29, 1.82) is 0 Å². The molecule has 1 unspecified atom stereocenters. The van der Waals surface area contributed by atoms with E-state index in [0.29, 0.717) is 11.7 Å². The summed E-state index contributed by atoms with van der Waals surface area (Å²) in [4.78, 5) is 0. The van der Waals surface area contributed by atoms with E-state index in [1.54, 1.807) is 11.8 Å². The van der Waals surface area contributed by atoms with Crippen molar-refractivity contribution in [3.8, 4) is 0 Å². The number of hydrogen-bond donors (Lipinski definition) is 1. The largest absolute Gasteiger partial charge is 0.327 e. The lowest BCUT2D eigenvalue weighted by Crippen LogP contribution is -2.34. The van der Waals surface area contributed by atoms with Gasteiger partial charge in [0.25, 0.3) is 0 Å². The van der Waals surface area contributed by atoms with Gasteiger partial charge in [-0.3, -0.25) is 0 Å². The first-order chi connectivity index (χ1) is 7.49. The minimum atomic E-state index is -2.81. The van der Waals surface area contributed by atoms with Gasteiger partial charge in [0.2, 0.25) is 0 Å². The molecule has 1 aliphatic carbocycles. The van der Waals surface area contributed by atoms with Crippen LogP contribution in [-0.2, 0) is 9.84 Å². The fraction of sp³-hybridized carbons (Fsp3) is 1.00. The average Bonchev–Trinajstić information content (AvgIpc) is 2.24. The summed E-state index contributed by atoms with van der Waals surface area (Å²) < 4.78 is 21.9. The molecule has 0 aromatic rings. The standard InChI is InChI=1S/C11H23NO2S2/c1-16(13,14)8-7-15-9-11(12)10-5-3-2-4-6-10/h10-11H,2-9,12H2,1H3. The Labute approximate surface area is 103 Å². The minimum Gasteiger partial charge on any atom is -0.327 e. The zero-order valence-electron chi connectivity index (χ0n) is 10.0. The average molecular weight is 265 g/mol. The van der Waals surface area contributed by atoms with E-state index in [0.717, 1.165) is 5.75 Å². The molecule has 16 heavy (non-hydrogen) atoms. The Hall–Kier alpha value is 0.260. The minimum absolute atomic E-state index is 0.255. The van der Waals surface area contributed by atoms with Crippen LogP contribution in [-0.4, -0.2) is 38.0 Å². The molecule has 2 N–H and O–H groups in total. The van der Waals surface area contributed by atoms with Gasteiger partial charge in [0.15, 0.2) is 0 Å². The summed E-state index contributed by atoms with van der Waals surface area (Å²) in [6.45, 7) is 0. The first-order valence-electron chi connectivity index (χ1n) is 6.00. The van der Waals surface area contributed by atoms with Crippen molar-refractivity contribution in [2.24, 2.45) is 11.7 Å². The smallest absolute Gasteiger partial charge is 0.148 e. The van der Waals surface area contributed by atoms with Gasteiger partial charge in [0.05, 0.1) is 5.75 Å². The van der Waals surface area contributed by atoms with Crippen molar-refractivity contribution in [2.45, 2.75) is 38.1 Å². The van der Waals surface area contributed by atoms with Crippen molar-refractivity contribution in [3.05, 3.63) is 0 Å². The second kappa shape index (κ2) is 6.87. The maximum Gasteiger partial charge on any atom is 0.148 e. The Morgan fingerprint density at radius 2 is 1.94 bits per heavy atom. The molecule has 0 bridgehead atoms. The molecule has 1 rings (SSSR count). The van der Waals surface area contributed by atoms with Crippen LogP contribution in [0, 0.1) is 5.92 Å². The second-order valence-corrected chi connectivity index (χ2v) is 8.18. The molecule has 1 fully saturated rings. The summed E-state index contributed by atoms with van der Waals surface area (Å²) in [5, 5.41) is 0. The maximum atomic E-state index is 10.9. The number of rotatable bonds is 6. The number of nitrogens with two attached hydrogens (primary N) is 1. The molecular formula is C11H23NO2S2. The summed E-state index contributed by atoms with van der Waals surface area (Å²) in [5.41, 5.74) is 6.13. The van der Waals surface area contributed by atoms with Gasteiger partial charge >= 0.3 is 0 Å². The Kier molecular flexibility index (Phi) is 6.15. The van der Waals surface area contributed by atoms with Gasteiger partial charge < -0.3 is 5.73 Å². The van der Waals surface area contributed by atoms with Crippen LogP contribution in [0.5, 0.6) is 0 Å². The molecule has 1 aliphatic rings. The molecule has 1 saturated carbocycles. The van der Waals surface area contributed by atoms with Crippen LogP contribution >= 0.6 is 11.8 Å². The van der Waals surface area contributed by atoms with Crippen LogP contribution in [0.4, 0.5) is 0 Å². The third-order valence-electron chi connectivity index (χ3n) is 3.16. The first-order valence-corrected chi connectivity index (χ1v) is 9.21. The molecule has 3 nitrogen and oxygen atoms in total. The van der Waals surface area contributed by atoms with Gasteiger partial charge in [-0.25, -0.2) is 8.42 Å². The first kappa shape index (κ1) is 14.3. The van der Waals surface area contributed by atoms with Gasteiger partial charge in [-0.1, -0.05) is 19.3 Å². The molecular weight excluding hydrogens is 242 g/mol. The highest BCUT2D eigenvalue weighted by atomic mass is 32.2. The van der Waals surface area contributed by atoms with Crippen molar-refractivity contribution >= 4 is 21.6 Å². The van der Waals surface area contributed by atoms with Crippen molar-refractivity contribution in [1.82, 2.24) is 0 Å². The van der Waals surface area contributed by atoms with Crippen LogP contribution in [0.25, 0.3) is 0 Å². The molecule has 1 atom stereocenters. The topological polar surface area (TPSA) is 60.2 Å². The highest BCUT2D eigenvalue weighted by molar-refractivity contribution is 8.00. The zero-order chi connectivity index (χ0) is 12.0. The molecule has 0 aliphatic heterocycles. The van der Waals surface area contributed by atoms with Gasteiger partial charge in [0, 0.05) is 23.8 Å². The summed E-state index contributed by atoms with van der Waals surface area (Å²) >= 11 is 1.68. The fourth-order valence-corrected chi connectivity index (χ4v) is 4.52. The summed E-state index contributed by atoms with van der Waals surface area (Å²) in [7, 11) is -2.81. The lowest BCUT2D eigenvalue weighted by atomic mass is 9.85. The Balaban J connectivity index is 2.12. The van der Waals surface area contributed by atoms with E-state index >= 15 is 0 Å². The molecule has 0 amide bonds.